The molecule has 1 aliphatic rings. The fourth-order valence-corrected chi connectivity index (χ4v) is 2.27. The highest BCUT2D eigenvalue weighted by atomic mass is 79.9. The van der Waals surface area contributed by atoms with Crippen LogP contribution in [0.5, 0.6) is 0 Å². The Morgan fingerprint density at radius 2 is 2.11 bits per heavy atom. The van der Waals surface area contributed by atoms with Crippen LogP contribution in [0.3, 0.4) is 0 Å². The molecule has 4 nitrogen and oxygen atoms in total. The van der Waals surface area contributed by atoms with Gasteiger partial charge in [-0.2, -0.15) is 0 Å². The summed E-state index contributed by atoms with van der Waals surface area (Å²) >= 11 is 3.36. The Labute approximate surface area is 114 Å². The molecule has 0 spiro atoms. The molecule has 0 bridgehead atoms. The van der Waals surface area contributed by atoms with Crippen molar-refractivity contribution in [2.24, 2.45) is 5.41 Å². The maximum atomic E-state index is 11.9. The standard InChI is InChI=1S/C13H14BrNO3/c1-8(9-3-2-4-10(14)7-9)15-11(16)13(5-6-13)12(17)18/h2-4,7-8H,5-6H2,1H3,(H,15,16)(H,17,18). The second-order valence-corrected chi connectivity index (χ2v) is 5.55. The maximum Gasteiger partial charge on any atom is 0.319 e. The van der Waals surface area contributed by atoms with E-state index in [9.17, 15) is 9.59 Å². The summed E-state index contributed by atoms with van der Waals surface area (Å²) in [7, 11) is 0. The molecule has 1 unspecified atom stereocenters. The van der Waals surface area contributed by atoms with Crippen LogP contribution in [0.15, 0.2) is 28.7 Å². The number of hydrogen-bond donors (Lipinski definition) is 2. The second kappa shape index (κ2) is 4.72. The van der Waals surface area contributed by atoms with E-state index in [1.807, 2.05) is 31.2 Å². The minimum Gasteiger partial charge on any atom is -0.480 e. The zero-order chi connectivity index (χ0) is 13.3. The number of rotatable bonds is 4. The topological polar surface area (TPSA) is 66.4 Å². The number of carbonyl (C=O) groups excluding carboxylic acids is 1. The van der Waals surface area contributed by atoms with E-state index in [0.29, 0.717) is 12.8 Å². The molecule has 1 amide bonds. The average Bonchev–Trinajstić information content (AvgIpc) is 3.09. The smallest absolute Gasteiger partial charge is 0.319 e. The molecule has 0 aromatic heterocycles. The number of carboxylic acids is 1. The highest BCUT2D eigenvalue weighted by Gasteiger charge is 2.57. The lowest BCUT2D eigenvalue weighted by molar-refractivity contribution is -0.149. The van der Waals surface area contributed by atoms with Gasteiger partial charge in [-0.1, -0.05) is 28.1 Å². The number of aliphatic carboxylic acids is 1. The normalized spacial score (nSPS) is 17.9. The van der Waals surface area contributed by atoms with Gasteiger partial charge in [0.05, 0.1) is 6.04 Å². The van der Waals surface area contributed by atoms with Crippen LogP contribution in [0.4, 0.5) is 0 Å². The van der Waals surface area contributed by atoms with Crippen LogP contribution < -0.4 is 5.32 Å². The van der Waals surface area contributed by atoms with Crippen LogP contribution >= 0.6 is 15.9 Å². The molecule has 1 saturated carbocycles. The third kappa shape index (κ3) is 2.41. The molecule has 5 heteroatoms. The third-order valence-electron chi connectivity index (χ3n) is 3.29. The quantitative estimate of drug-likeness (QED) is 0.840. The van der Waals surface area contributed by atoms with Gasteiger partial charge in [0.15, 0.2) is 0 Å². The first-order chi connectivity index (χ1) is 8.45. The average molecular weight is 312 g/mol. The van der Waals surface area contributed by atoms with Gasteiger partial charge in [-0.3, -0.25) is 9.59 Å². The lowest BCUT2D eigenvalue weighted by Crippen LogP contribution is -2.38. The summed E-state index contributed by atoms with van der Waals surface area (Å²) < 4.78 is 0.931. The number of halogens is 1. The van der Waals surface area contributed by atoms with Gasteiger partial charge in [0.2, 0.25) is 5.91 Å². The molecule has 1 fully saturated rings. The molecule has 2 N–H and O–H groups in total. The molecule has 1 aliphatic carbocycles. The molecule has 1 atom stereocenters. The first-order valence-electron chi connectivity index (χ1n) is 5.75. The molecular formula is C13H14BrNO3. The Kier molecular flexibility index (Phi) is 3.43. The predicted molar refractivity (Wildman–Crippen MR) is 70.0 cm³/mol. The number of carbonyl (C=O) groups is 2. The fraction of sp³-hybridized carbons (Fsp3) is 0.385. The Balaban J connectivity index is 2.06. The van der Waals surface area contributed by atoms with Crippen molar-refractivity contribution < 1.29 is 14.7 Å². The van der Waals surface area contributed by atoms with Crippen molar-refractivity contribution in [3.8, 4) is 0 Å². The Morgan fingerprint density at radius 3 is 2.61 bits per heavy atom. The molecule has 0 radical (unpaired) electrons. The van der Waals surface area contributed by atoms with Gasteiger partial charge in [0.25, 0.3) is 0 Å². The molecular weight excluding hydrogens is 298 g/mol. The zero-order valence-corrected chi connectivity index (χ0v) is 11.5. The largest absolute Gasteiger partial charge is 0.480 e. The van der Waals surface area contributed by atoms with Gasteiger partial charge >= 0.3 is 5.97 Å². The number of hydrogen-bond acceptors (Lipinski definition) is 2. The van der Waals surface area contributed by atoms with Crippen molar-refractivity contribution in [3.63, 3.8) is 0 Å². The van der Waals surface area contributed by atoms with E-state index >= 15 is 0 Å². The Hall–Kier alpha value is -1.36. The Bertz CT molecular complexity index is 497. The molecule has 96 valence electrons. The molecule has 2 rings (SSSR count). The maximum absolute atomic E-state index is 11.9. The molecule has 0 heterocycles. The SMILES string of the molecule is CC(NC(=O)C1(C(=O)O)CC1)c1cccc(Br)c1. The van der Waals surface area contributed by atoms with Gasteiger partial charge in [0.1, 0.15) is 5.41 Å². The van der Waals surface area contributed by atoms with Crippen LogP contribution in [-0.4, -0.2) is 17.0 Å². The highest BCUT2D eigenvalue weighted by Crippen LogP contribution is 2.46. The first kappa shape index (κ1) is 13.1. The monoisotopic (exact) mass is 311 g/mol. The summed E-state index contributed by atoms with van der Waals surface area (Å²) in [6.07, 6.45) is 0.860. The second-order valence-electron chi connectivity index (χ2n) is 4.64. The van der Waals surface area contributed by atoms with Crippen LogP contribution in [0, 0.1) is 5.41 Å². The van der Waals surface area contributed by atoms with Crippen molar-refractivity contribution in [1.29, 1.82) is 0 Å². The Morgan fingerprint density at radius 1 is 1.44 bits per heavy atom. The van der Waals surface area contributed by atoms with E-state index in [4.69, 9.17) is 5.11 Å². The van der Waals surface area contributed by atoms with Crippen molar-refractivity contribution >= 4 is 27.8 Å². The van der Waals surface area contributed by atoms with Crippen LogP contribution in [0.2, 0.25) is 0 Å². The lowest BCUT2D eigenvalue weighted by atomic mass is 10.0. The van der Waals surface area contributed by atoms with Gasteiger partial charge < -0.3 is 10.4 Å². The van der Waals surface area contributed by atoms with E-state index in [1.165, 1.54) is 0 Å². The van der Waals surface area contributed by atoms with Crippen molar-refractivity contribution in [1.82, 2.24) is 5.32 Å². The lowest BCUT2D eigenvalue weighted by Gasteiger charge is -2.17. The van der Waals surface area contributed by atoms with E-state index in [1.54, 1.807) is 0 Å². The summed E-state index contributed by atoms with van der Waals surface area (Å²) in [5.74, 6) is -1.41. The zero-order valence-electron chi connectivity index (χ0n) is 9.94. The minimum absolute atomic E-state index is 0.202. The van der Waals surface area contributed by atoms with Gasteiger partial charge in [0, 0.05) is 4.47 Å². The first-order valence-corrected chi connectivity index (χ1v) is 6.55. The molecule has 0 aliphatic heterocycles. The van der Waals surface area contributed by atoms with E-state index < -0.39 is 11.4 Å². The molecule has 1 aromatic rings. The highest BCUT2D eigenvalue weighted by molar-refractivity contribution is 9.10. The summed E-state index contributed by atoms with van der Waals surface area (Å²) in [5, 5.41) is 11.8. The van der Waals surface area contributed by atoms with Crippen LogP contribution in [-0.2, 0) is 9.59 Å². The van der Waals surface area contributed by atoms with Crippen LogP contribution in [0.1, 0.15) is 31.4 Å². The third-order valence-corrected chi connectivity index (χ3v) is 3.78. The van der Waals surface area contributed by atoms with Crippen molar-refractivity contribution in [3.05, 3.63) is 34.3 Å². The minimum atomic E-state index is -1.18. The molecule has 1 aromatic carbocycles. The van der Waals surface area contributed by atoms with Gasteiger partial charge in [-0.15, -0.1) is 0 Å². The molecule has 18 heavy (non-hydrogen) atoms. The predicted octanol–water partition coefficient (Wildman–Crippen LogP) is 2.49. The summed E-state index contributed by atoms with van der Waals surface area (Å²) in [4.78, 5) is 23.0. The molecule has 0 saturated heterocycles. The summed E-state index contributed by atoms with van der Waals surface area (Å²) in [6.45, 7) is 1.84. The number of nitrogens with one attached hydrogen (secondary N) is 1. The van der Waals surface area contributed by atoms with Gasteiger partial charge in [-0.05, 0) is 37.5 Å². The fourth-order valence-electron chi connectivity index (χ4n) is 1.86. The van der Waals surface area contributed by atoms with Crippen molar-refractivity contribution in [2.75, 3.05) is 0 Å². The van der Waals surface area contributed by atoms with Crippen LogP contribution in [0.25, 0.3) is 0 Å². The van der Waals surface area contributed by atoms with E-state index in [-0.39, 0.29) is 11.9 Å². The summed E-state index contributed by atoms with van der Waals surface area (Å²) in [5.41, 5.74) is -0.237. The number of benzene rings is 1. The van der Waals surface area contributed by atoms with E-state index in [0.717, 1.165) is 10.0 Å². The van der Waals surface area contributed by atoms with Crippen molar-refractivity contribution in [2.45, 2.75) is 25.8 Å². The summed E-state index contributed by atoms with van der Waals surface area (Å²) in [6, 6.07) is 7.39. The van der Waals surface area contributed by atoms with E-state index in [2.05, 4.69) is 21.2 Å². The van der Waals surface area contributed by atoms with Gasteiger partial charge in [-0.25, -0.2) is 0 Å². The number of amides is 1. The number of carboxylic acid groups (broad SMARTS) is 1.